The lowest BCUT2D eigenvalue weighted by Gasteiger charge is -2.24. The molecule has 1 aliphatic rings. The maximum atomic E-state index is 13.2. The zero-order valence-electron chi connectivity index (χ0n) is 16.2. The zero-order valence-corrected chi connectivity index (χ0v) is 17.8. The van der Waals surface area contributed by atoms with Gasteiger partial charge >= 0.3 is 0 Å². The number of halogens is 1. The van der Waals surface area contributed by atoms with Crippen LogP contribution in [0.5, 0.6) is 0 Å². The number of hydrogen-bond donors (Lipinski definition) is 1. The molecule has 2 aromatic heterocycles. The van der Waals surface area contributed by atoms with Gasteiger partial charge in [-0.25, -0.2) is 14.4 Å². The summed E-state index contributed by atoms with van der Waals surface area (Å²) < 4.78 is 15.2. The molecular formula is C22H17FN4O2S2. The van der Waals surface area contributed by atoms with Gasteiger partial charge in [-0.05, 0) is 17.7 Å². The van der Waals surface area contributed by atoms with Crippen LogP contribution in [0.15, 0.2) is 66.2 Å². The van der Waals surface area contributed by atoms with Crippen molar-refractivity contribution in [3.8, 4) is 11.3 Å². The first-order chi connectivity index (χ1) is 15.1. The third-order valence-corrected chi connectivity index (χ3v) is 7.06. The van der Waals surface area contributed by atoms with Crippen LogP contribution in [-0.4, -0.2) is 32.0 Å². The largest absolute Gasteiger partial charge is 0.294 e. The number of carbonyl (C=O) groups excluding carboxylic acids is 2. The van der Waals surface area contributed by atoms with E-state index in [1.807, 2.05) is 46.3 Å². The quantitative estimate of drug-likeness (QED) is 0.496. The molecule has 6 nitrogen and oxygen atoms in total. The predicted octanol–water partition coefficient (Wildman–Crippen LogP) is 4.05. The lowest BCUT2D eigenvalue weighted by atomic mass is 10.2. The Labute approximate surface area is 185 Å². The summed E-state index contributed by atoms with van der Waals surface area (Å²) in [5.74, 6) is -0.562. The fourth-order valence-electron chi connectivity index (χ4n) is 3.46. The highest BCUT2D eigenvalue weighted by Gasteiger charge is 2.34. The molecule has 4 aromatic rings. The van der Waals surface area contributed by atoms with E-state index in [1.165, 1.54) is 40.2 Å². The normalized spacial score (nSPS) is 16.2. The molecule has 1 N–H and O–H groups in total. The van der Waals surface area contributed by atoms with Gasteiger partial charge in [0.15, 0.2) is 4.96 Å². The number of hydrogen-bond acceptors (Lipinski definition) is 5. The first-order valence-electron chi connectivity index (χ1n) is 9.58. The zero-order chi connectivity index (χ0) is 21.4. The van der Waals surface area contributed by atoms with Crippen LogP contribution in [0.3, 0.4) is 0 Å². The van der Waals surface area contributed by atoms with Gasteiger partial charge < -0.3 is 0 Å². The number of aromatic nitrogens is 2. The van der Waals surface area contributed by atoms with Gasteiger partial charge in [0.1, 0.15) is 11.2 Å². The summed E-state index contributed by atoms with van der Waals surface area (Å²) in [6.07, 6.45) is 2.02. The summed E-state index contributed by atoms with van der Waals surface area (Å²) in [6.45, 7) is 0. The van der Waals surface area contributed by atoms with Crippen molar-refractivity contribution < 1.29 is 14.0 Å². The Hall–Kier alpha value is -3.17. The fraction of sp³-hybridized carbons (Fsp3) is 0.136. The number of rotatable bonds is 5. The van der Waals surface area contributed by atoms with Crippen LogP contribution in [0, 0.1) is 5.82 Å². The van der Waals surface area contributed by atoms with Gasteiger partial charge in [-0.15, -0.1) is 23.1 Å². The van der Waals surface area contributed by atoms with Crippen LogP contribution in [0.2, 0.25) is 0 Å². The number of thiazole rings is 1. The second-order valence-electron chi connectivity index (χ2n) is 7.06. The molecular weight excluding hydrogens is 435 g/mol. The Bertz CT molecular complexity index is 1250. The van der Waals surface area contributed by atoms with Gasteiger partial charge in [-0.3, -0.25) is 19.4 Å². The number of amides is 2. The molecule has 1 atom stereocenters. The molecule has 156 valence electrons. The van der Waals surface area contributed by atoms with Gasteiger partial charge in [0.25, 0.3) is 5.91 Å². The number of imidazole rings is 1. The van der Waals surface area contributed by atoms with Crippen molar-refractivity contribution in [3.05, 3.63) is 83.2 Å². The molecule has 9 heteroatoms. The van der Waals surface area contributed by atoms with Crippen LogP contribution >= 0.6 is 23.1 Å². The van der Waals surface area contributed by atoms with E-state index in [4.69, 9.17) is 0 Å². The maximum Gasteiger partial charge on any atom is 0.252 e. The van der Waals surface area contributed by atoms with Crippen LogP contribution in [-0.2, 0) is 16.0 Å². The van der Waals surface area contributed by atoms with Crippen molar-refractivity contribution in [1.82, 2.24) is 19.8 Å². The van der Waals surface area contributed by atoms with Crippen molar-refractivity contribution in [1.29, 1.82) is 0 Å². The van der Waals surface area contributed by atoms with Crippen molar-refractivity contribution in [2.75, 3.05) is 5.75 Å². The van der Waals surface area contributed by atoms with Crippen LogP contribution in [0.25, 0.3) is 16.2 Å². The standard InChI is InChI=1S/C22H17FN4O2S2/c23-16-8-6-15(7-9-16)21-27(20(29)13-30-21)25-19(28)10-17-12-31-22-24-18(11-26(17)22)14-4-2-1-3-5-14/h1-9,11-12,21H,10,13H2,(H,25,28). The lowest BCUT2D eigenvalue weighted by Crippen LogP contribution is -2.45. The molecule has 1 saturated heterocycles. The smallest absolute Gasteiger partial charge is 0.252 e. The fourth-order valence-corrected chi connectivity index (χ4v) is 5.44. The van der Waals surface area contributed by atoms with Crippen LogP contribution < -0.4 is 5.43 Å². The predicted molar refractivity (Wildman–Crippen MR) is 119 cm³/mol. The molecule has 5 rings (SSSR count). The molecule has 0 radical (unpaired) electrons. The summed E-state index contributed by atoms with van der Waals surface area (Å²) in [4.78, 5) is 30.5. The molecule has 1 unspecified atom stereocenters. The minimum Gasteiger partial charge on any atom is -0.294 e. The minimum atomic E-state index is -0.377. The molecule has 31 heavy (non-hydrogen) atoms. The summed E-state index contributed by atoms with van der Waals surface area (Å²) in [6, 6.07) is 15.8. The summed E-state index contributed by atoms with van der Waals surface area (Å²) >= 11 is 2.86. The van der Waals surface area contributed by atoms with Crippen molar-refractivity contribution in [3.63, 3.8) is 0 Å². The van der Waals surface area contributed by atoms with Gasteiger partial charge in [0.2, 0.25) is 5.91 Å². The van der Waals surface area contributed by atoms with E-state index in [-0.39, 0.29) is 35.2 Å². The third kappa shape index (κ3) is 3.94. The number of nitrogens with one attached hydrogen (secondary N) is 1. The van der Waals surface area contributed by atoms with Crippen molar-refractivity contribution in [2.24, 2.45) is 0 Å². The monoisotopic (exact) mass is 452 g/mol. The highest BCUT2D eigenvalue weighted by Crippen LogP contribution is 2.37. The number of carbonyl (C=O) groups is 2. The summed E-state index contributed by atoms with van der Waals surface area (Å²) in [7, 11) is 0. The third-order valence-electron chi connectivity index (χ3n) is 4.96. The topological polar surface area (TPSA) is 66.7 Å². The average Bonchev–Trinajstić information content (AvgIpc) is 3.46. The Kier molecular flexibility index (Phi) is 5.21. The minimum absolute atomic E-state index is 0.106. The first kappa shape index (κ1) is 19.8. The number of hydrazine groups is 1. The Morgan fingerprint density at radius 2 is 1.94 bits per heavy atom. The van der Waals surface area contributed by atoms with E-state index in [9.17, 15) is 14.0 Å². The number of nitrogens with zero attached hydrogens (tertiary/aromatic N) is 3. The Morgan fingerprint density at radius 3 is 2.71 bits per heavy atom. The number of fused-ring (bicyclic) bond motifs is 1. The maximum absolute atomic E-state index is 13.2. The first-order valence-corrected chi connectivity index (χ1v) is 11.5. The molecule has 2 amide bonds. The van der Waals surface area contributed by atoms with Gasteiger partial charge in [-0.2, -0.15) is 0 Å². The second kappa shape index (κ2) is 8.16. The number of benzene rings is 2. The van der Waals surface area contributed by atoms with Gasteiger partial charge in [0.05, 0.1) is 17.9 Å². The Balaban J connectivity index is 1.33. The molecule has 0 saturated carbocycles. The molecule has 2 aromatic carbocycles. The van der Waals surface area contributed by atoms with E-state index in [0.29, 0.717) is 0 Å². The van der Waals surface area contributed by atoms with E-state index in [2.05, 4.69) is 10.4 Å². The van der Waals surface area contributed by atoms with Crippen molar-refractivity contribution >= 4 is 39.9 Å². The highest BCUT2D eigenvalue weighted by molar-refractivity contribution is 8.00. The average molecular weight is 453 g/mol. The van der Waals surface area contributed by atoms with Gasteiger partial charge in [0, 0.05) is 22.8 Å². The molecule has 1 aliphatic heterocycles. The van der Waals surface area contributed by atoms with Crippen molar-refractivity contribution in [2.45, 2.75) is 11.8 Å². The lowest BCUT2D eigenvalue weighted by molar-refractivity contribution is -0.139. The van der Waals surface area contributed by atoms with Crippen LogP contribution in [0.4, 0.5) is 4.39 Å². The SMILES string of the molecule is O=C(Cc1csc2nc(-c3ccccc3)cn12)NN1C(=O)CSC1c1ccc(F)cc1. The molecule has 0 aliphatic carbocycles. The van der Waals surface area contributed by atoms with E-state index >= 15 is 0 Å². The van der Waals surface area contributed by atoms with E-state index in [0.717, 1.165) is 27.5 Å². The summed E-state index contributed by atoms with van der Waals surface area (Å²) in [5, 5.41) is 2.86. The molecule has 1 fully saturated rings. The highest BCUT2D eigenvalue weighted by atomic mass is 32.2. The number of thioether (sulfide) groups is 1. The van der Waals surface area contributed by atoms with Gasteiger partial charge in [-0.1, -0.05) is 42.5 Å². The van der Waals surface area contributed by atoms with Crippen LogP contribution in [0.1, 0.15) is 16.6 Å². The molecule has 0 bridgehead atoms. The van der Waals surface area contributed by atoms with E-state index < -0.39 is 0 Å². The van der Waals surface area contributed by atoms with E-state index in [1.54, 1.807) is 12.1 Å². The summed E-state index contributed by atoms with van der Waals surface area (Å²) in [5.41, 5.74) is 6.15. The Morgan fingerprint density at radius 1 is 1.16 bits per heavy atom. The molecule has 3 heterocycles. The second-order valence-corrected chi connectivity index (χ2v) is 8.97. The molecule has 0 spiro atoms.